The normalized spacial score (nSPS) is 11.6. The molecular weight excluding hydrogens is 274 g/mol. The van der Waals surface area contributed by atoms with E-state index in [2.05, 4.69) is 11.8 Å². The van der Waals surface area contributed by atoms with Crippen LogP contribution in [0.1, 0.15) is 31.9 Å². The van der Waals surface area contributed by atoms with Crippen molar-refractivity contribution in [3.05, 3.63) is 29.3 Å². The molecule has 1 rings (SSSR count). The first-order valence-electron chi connectivity index (χ1n) is 6.56. The van der Waals surface area contributed by atoms with Crippen LogP contribution in [-0.2, 0) is 10.0 Å². The second-order valence-electron chi connectivity index (χ2n) is 4.74. The second-order valence-corrected chi connectivity index (χ2v) is 6.60. The quantitative estimate of drug-likeness (QED) is 0.861. The molecule has 110 valence electrons. The smallest absolute Gasteiger partial charge is 0.243 e. The van der Waals surface area contributed by atoms with Crippen LogP contribution in [-0.4, -0.2) is 37.0 Å². The molecule has 0 radical (unpaired) electrons. The SMILES string of the molecule is CCN(C(C)C)S(=O)(=O)c1cc(C#CCO)ccc1C. The summed E-state index contributed by atoms with van der Waals surface area (Å²) in [4.78, 5) is 0.276. The topological polar surface area (TPSA) is 57.6 Å². The highest BCUT2D eigenvalue weighted by atomic mass is 32.2. The minimum Gasteiger partial charge on any atom is -0.384 e. The molecule has 0 unspecified atom stereocenters. The fourth-order valence-electron chi connectivity index (χ4n) is 2.04. The van der Waals surface area contributed by atoms with Gasteiger partial charge in [0, 0.05) is 18.2 Å². The van der Waals surface area contributed by atoms with Gasteiger partial charge in [0.05, 0.1) is 4.90 Å². The van der Waals surface area contributed by atoms with Gasteiger partial charge in [0.25, 0.3) is 0 Å². The summed E-state index contributed by atoms with van der Waals surface area (Å²) < 4.78 is 26.8. The van der Waals surface area contributed by atoms with Gasteiger partial charge in [-0.1, -0.05) is 24.8 Å². The Morgan fingerprint density at radius 2 is 2.00 bits per heavy atom. The molecule has 0 atom stereocenters. The first-order valence-corrected chi connectivity index (χ1v) is 8.00. The molecule has 0 heterocycles. The average molecular weight is 295 g/mol. The van der Waals surface area contributed by atoms with Crippen LogP contribution in [0.25, 0.3) is 0 Å². The Kier molecular flexibility index (Phi) is 5.75. The number of hydrogen-bond acceptors (Lipinski definition) is 3. The van der Waals surface area contributed by atoms with E-state index in [1.807, 2.05) is 20.8 Å². The van der Waals surface area contributed by atoms with Crippen molar-refractivity contribution in [2.75, 3.05) is 13.2 Å². The highest BCUT2D eigenvalue weighted by Crippen LogP contribution is 2.22. The molecule has 0 saturated heterocycles. The molecule has 4 nitrogen and oxygen atoms in total. The van der Waals surface area contributed by atoms with Gasteiger partial charge in [0.2, 0.25) is 10.0 Å². The zero-order valence-corrected chi connectivity index (χ0v) is 13.2. The lowest BCUT2D eigenvalue weighted by molar-refractivity contribution is 0.350. The summed E-state index contributed by atoms with van der Waals surface area (Å²) in [5.74, 6) is 5.26. The van der Waals surface area contributed by atoms with Crippen molar-refractivity contribution in [3.63, 3.8) is 0 Å². The number of benzene rings is 1. The van der Waals surface area contributed by atoms with E-state index >= 15 is 0 Å². The van der Waals surface area contributed by atoms with Crippen LogP contribution < -0.4 is 0 Å². The summed E-state index contributed by atoms with van der Waals surface area (Å²) >= 11 is 0. The van der Waals surface area contributed by atoms with E-state index in [0.717, 1.165) is 0 Å². The van der Waals surface area contributed by atoms with Crippen LogP contribution in [0.4, 0.5) is 0 Å². The summed E-state index contributed by atoms with van der Waals surface area (Å²) in [5, 5.41) is 8.71. The van der Waals surface area contributed by atoms with Gasteiger partial charge in [0.15, 0.2) is 0 Å². The Morgan fingerprint density at radius 3 is 2.50 bits per heavy atom. The van der Waals surface area contributed by atoms with Gasteiger partial charge in [-0.15, -0.1) is 0 Å². The average Bonchev–Trinajstić information content (AvgIpc) is 2.37. The predicted octanol–water partition coefficient (Wildman–Crippen LogP) is 1.76. The molecule has 0 aliphatic heterocycles. The fourth-order valence-corrected chi connectivity index (χ4v) is 3.93. The number of aryl methyl sites for hydroxylation is 1. The molecule has 0 spiro atoms. The van der Waals surface area contributed by atoms with E-state index < -0.39 is 10.0 Å². The number of rotatable bonds is 4. The molecule has 0 bridgehead atoms. The van der Waals surface area contributed by atoms with E-state index in [0.29, 0.717) is 17.7 Å². The highest BCUT2D eigenvalue weighted by Gasteiger charge is 2.27. The minimum absolute atomic E-state index is 0.100. The van der Waals surface area contributed by atoms with Crippen LogP contribution in [0.15, 0.2) is 23.1 Å². The standard InChI is InChI=1S/C15H21NO3S/c1-5-16(12(2)3)20(18,19)15-11-14(7-6-10-17)9-8-13(15)4/h8-9,11-12,17H,5,10H2,1-4H3. The Hall–Kier alpha value is -1.35. The molecule has 0 aliphatic rings. The molecule has 1 aromatic rings. The van der Waals surface area contributed by atoms with Crippen molar-refractivity contribution >= 4 is 10.0 Å². The number of nitrogens with zero attached hydrogens (tertiary/aromatic N) is 1. The third-order valence-corrected chi connectivity index (χ3v) is 5.27. The number of hydrogen-bond donors (Lipinski definition) is 1. The molecular formula is C15H21NO3S. The molecule has 0 aromatic heterocycles. The van der Waals surface area contributed by atoms with Crippen LogP contribution in [0.3, 0.4) is 0 Å². The molecule has 5 heteroatoms. The lowest BCUT2D eigenvalue weighted by Gasteiger charge is -2.25. The summed E-state index contributed by atoms with van der Waals surface area (Å²) in [6, 6.07) is 4.96. The van der Waals surface area contributed by atoms with Crippen LogP contribution in [0, 0.1) is 18.8 Å². The van der Waals surface area contributed by atoms with Gasteiger partial charge in [-0.3, -0.25) is 0 Å². The van der Waals surface area contributed by atoms with Gasteiger partial charge in [-0.25, -0.2) is 8.42 Å². The molecule has 0 fully saturated rings. The van der Waals surface area contributed by atoms with Crippen molar-refractivity contribution < 1.29 is 13.5 Å². The van der Waals surface area contributed by atoms with Gasteiger partial charge in [0.1, 0.15) is 6.61 Å². The van der Waals surface area contributed by atoms with Crippen LogP contribution in [0.2, 0.25) is 0 Å². The molecule has 1 N–H and O–H groups in total. The molecule has 20 heavy (non-hydrogen) atoms. The second kappa shape index (κ2) is 6.89. The third-order valence-electron chi connectivity index (χ3n) is 2.97. The molecule has 0 aliphatic carbocycles. The van der Waals surface area contributed by atoms with E-state index in [9.17, 15) is 8.42 Å². The van der Waals surface area contributed by atoms with E-state index in [4.69, 9.17) is 5.11 Å². The maximum Gasteiger partial charge on any atom is 0.243 e. The minimum atomic E-state index is -3.53. The van der Waals surface area contributed by atoms with Crippen molar-refractivity contribution in [2.24, 2.45) is 0 Å². The maximum atomic E-state index is 12.7. The maximum absolute atomic E-state index is 12.7. The van der Waals surface area contributed by atoms with Gasteiger partial charge in [-0.05, 0) is 38.5 Å². The Labute approximate surface area is 121 Å². The summed E-state index contributed by atoms with van der Waals surface area (Å²) in [6.45, 7) is 7.47. The van der Waals surface area contributed by atoms with Crippen LogP contribution in [0.5, 0.6) is 0 Å². The Balaban J connectivity index is 3.37. The monoisotopic (exact) mass is 295 g/mol. The number of aliphatic hydroxyl groups is 1. The molecule has 0 saturated carbocycles. The first-order chi connectivity index (χ1) is 9.34. The van der Waals surface area contributed by atoms with Gasteiger partial charge in [-0.2, -0.15) is 4.31 Å². The fraction of sp³-hybridized carbons (Fsp3) is 0.467. The van der Waals surface area contributed by atoms with E-state index in [1.54, 1.807) is 25.1 Å². The summed E-state index contributed by atoms with van der Waals surface area (Å²) in [7, 11) is -3.53. The zero-order chi connectivity index (χ0) is 15.3. The number of aliphatic hydroxyl groups excluding tert-OH is 1. The first kappa shape index (κ1) is 16.7. The van der Waals surface area contributed by atoms with Crippen LogP contribution >= 0.6 is 0 Å². The van der Waals surface area contributed by atoms with Crippen molar-refractivity contribution in [1.29, 1.82) is 0 Å². The summed E-state index contributed by atoms with van der Waals surface area (Å²) in [5.41, 5.74) is 1.28. The molecule has 1 aromatic carbocycles. The predicted molar refractivity (Wildman–Crippen MR) is 79.8 cm³/mol. The largest absolute Gasteiger partial charge is 0.384 e. The van der Waals surface area contributed by atoms with Gasteiger partial charge < -0.3 is 5.11 Å². The van der Waals surface area contributed by atoms with Crippen molar-refractivity contribution in [3.8, 4) is 11.8 Å². The third kappa shape index (κ3) is 3.60. The number of sulfonamides is 1. The zero-order valence-electron chi connectivity index (χ0n) is 12.3. The Bertz CT molecular complexity index is 624. The Morgan fingerprint density at radius 1 is 1.35 bits per heavy atom. The van der Waals surface area contributed by atoms with Gasteiger partial charge >= 0.3 is 0 Å². The lowest BCUT2D eigenvalue weighted by atomic mass is 10.1. The van der Waals surface area contributed by atoms with Crippen molar-refractivity contribution in [2.45, 2.75) is 38.6 Å². The lowest BCUT2D eigenvalue weighted by Crippen LogP contribution is -2.37. The van der Waals surface area contributed by atoms with Crippen molar-refractivity contribution in [1.82, 2.24) is 4.31 Å². The highest BCUT2D eigenvalue weighted by molar-refractivity contribution is 7.89. The van der Waals surface area contributed by atoms with E-state index in [-0.39, 0.29) is 17.5 Å². The molecule has 0 amide bonds. The van der Waals surface area contributed by atoms with E-state index in [1.165, 1.54) is 4.31 Å². The summed E-state index contributed by atoms with van der Waals surface area (Å²) in [6.07, 6.45) is 0.